The first kappa shape index (κ1) is 17.9. The molecular formula is C17H23N5O2S. The van der Waals surface area contributed by atoms with Crippen molar-refractivity contribution in [2.45, 2.75) is 45.1 Å². The van der Waals surface area contributed by atoms with Crippen molar-refractivity contribution in [3.8, 4) is 5.69 Å². The molecule has 0 saturated carbocycles. The molecule has 0 aliphatic carbocycles. The van der Waals surface area contributed by atoms with Crippen molar-refractivity contribution in [3.63, 3.8) is 0 Å². The monoisotopic (exact) mass is 361 g/mol. The van der Waals surface area contributed by atoms with Gasteiger partial charge in [0.05, 0.1) is 23.6 Å². The maximum atomic E-state index is 12.5. The smallest absolute Gasteiger partial charge is 0.233 e. The summed E-state index contributed by atoms with van der Waals surface area (Å²) in [5, 5.41) is 12.5. The van der Waals surface area contributed by atoms with Gasteiger partial charge in [-0.05, 0) is 49.8 Å². The number of morpholine rings is 1. The Morgan fingerprint density at radius 3 is 2.68 bits per heavy atom. The highest BCUT2D eigenvalue weighted by Gasteiger charge is 2.26. The fourth-order valence-electron chi connectivity index (χ4n) is 3.06. The Morgan fingerprint density at radius 1 is 1.28 bits per heavy atom. The van der Waals surface area contributed by atoms with E-state index in [-0.39, 0.29) is 18.1 Å². The Hall–Kier alpha value is -1.93. The molecule has 0 spiro atoms. The third-order valence-corrected chi connectivity index (χ3v) is 5.02. The third-order valence-electron chi connectivity index (χ3n) is 4.12. The van der Waals surface area contributed by atoms with Crippen LogP contribution in [0.5, 0.6) is 0 Å². The summed E-state index contributed by atoms with van der Waals surface area (Å²) in [5.74, 6) is 0.396. The summed E-state index contributed by atoms with van der Waals surface area (Å²) in [7, 11) is 0. The van der Waals surface area contributed by atoms with Gasteiger partial charge in [0.1, 0.15) is 0 Å². The van der Waals surface area contributed by atoms with Gasteiger partial charge in [-0.15, -0.1) is 5.10 Å². The molecule has 1 fully saturated rings. The van der Waals surface area contributed by atoms with Gasteiger partial charge in [-0.1, -0.05) is 29.5 Å². The Bertz CT molecular complexity index is 753. The quantitative estimate of drug-likeness (QED) is 0.776. The second kappa shape index (κ2) is 7.53. The van der Waals surface area contributed by atoms with Gasteiger partial charge in [0.15, 0.2) is 0 Å². The summed E-state index contributed by atoms with van der Waals surface area (Å²) in [4.78, 5) is 14.4. The molecule has 2 atom stereocenters. The van der Waals surface area contributed by atoms with Crippen LogP contribution in [-0.2, 0) is 9.53 Å². The lowest BCUT2D eigenvalue weighted by molar-refractivity contribution is -0.140. The number of amides is 1. The van der Waals surface area contributed by atoms with E-state index in [1.54, 1.807) is 4.68 Å². The van der Waals surface area contributed by atoms with Crippen LogP contribution in [0.15, 0.2) is 23.4 Å². The van der Waals surface area contributed by atoms with Crippen molar-refractivity contribution in [3.05, 3.63) is 29.3 Å². The molecule has 2 aromatic rings. The summed E-state index contributed by atoms with van der Waals surface area (Å²) in [6.45, 7) is 9.32. The second-order valence-electron chi connectivity index (χ2n) is 6.51. The van der Waals surface area contributed by atoms with Crippen LogP contribution in [-0.4, -0.2) is 62.1 Å². The molecule has 1 saturated heterocycles. The lowest BCUT2D eigenvalue weighted by atomic mass is 10.1. The molecule has 2 heterocycles. The maximum Gasteiger partial charge on any atom is 0.233 e. The van der Waals surface area contributed by atoms with Gasteiger partial charge in [0.25, 0.3) is 0 Å². The van der Waals surface area contributed by atoms with E-state index in [4.69, 9.17) is 4.74 Å². The first-order valence-corrected chi connectivity index (χ1v) is 9.34. The number of hydrogen-bond donors (Lipinski definition) is 0. The Labute approximate surface area is 151 Å². The van der Waals surface area contributed by atoms with E-state index in [2.05, 4.69) is 28.5 Å². The molecule has 0 bridgehead atoms. The first-order chi connectivity index (χ1) is 11.9. The summed E-state index contributed by atoms with van der Waals surface area (Å²) >= 11 is 1.36. The number of thioether (sulfide) groups is 1. The van der Waals surface area contributed by atoms with Crippen LogP contribution in [0.3, 0.4) is 0 Å². The summed E-state index contributed by atoms with van der Waals surface area (Å²) < 4.78 is 7.37. The third kappa shape index (κ3) is 4.19. The number of ether oxygens (including phenoxy) is 1. The molecule has 1 aliphatic rings. The fraction of sp³-hybridized carbons (Fsp3) is 0.529. The molecular weight excluding hydrogens is 338 g/mol. The van der Waals surface area contributed by atoms with E-state index in [1.165, 1.54) is 17.3 Å². The summed E-state index contributed by atoms with van der Waals surface area (Å²) in [5.41, 5.74) is 3.21. The number of aromatic nitrogens is 4. The number of carbonyl (C=O) groups excluding carboxylic acids is 1. The zero-order chi connectivity index (χ0) is 18.0. The maximum absolute atomic E-state index is 12.5. The van der Waals surface area contributed by atoms with Crippen LogP contribution in [0.1, 0.15) is 25.0 Å². The number of hydrogen-bond acceptors (Lipinski definition) is 6. The standard InChI is InChI=1S/C17H23N5O2S/c1-11-5-6-15(12(2)7-11)22-17(18-19-20-22)25-10-16(23)21-8-13(3)24-14(4)9-21/h5-7,13-14H,8-10H2,1-4H3/t13-,14+. The number of aryl methyl sites for hydroxylation is 2. The predicted molar refractivity (Wildman–Crippen MR) is 95.9 cm³/mol. The zero-order valence-electron chi connectivity index (χ0n) is 15.0. The van der Waals surface area contributed by atoms with Gasteiger partial charge in [0, 0.05) is 13.1 Å². The number of carbonyl (C=O) groups is 1. The highest BCUT2D eigenvalue weighted by molar-refractivity contribution is 7.99. The predicted octanol–water partition coefficient (Wildman–Crippen LogP) is 2.01. The van der Waals surface area contributed by atoms with Crippen molar-refractivity contribution >= 4 is 17.7 Å². The molecule has 0 N–H and O–H groups in total. The fourth-order valence-corrected chi connectivity index (χ4v) is 3.85. The van der Waals surface area contributed by atoms with Crippen molar-refractivity contribution in [2.24, 2.45) is 0 Å². The molecule has 1 aliphatic heterocycles. The molecule has 1 amide bonds. The van der Waals surface area contributed by atoms with Crippen molar-refractivity contribution < 1.29 is 9.53 Å². The molecule has 1 aromatic carbocycles. The topological polar surface area (TPSA) is 73.1 Å². The minimum atomic E-state index is 0.0678. The molecule has 1 aromatic heterocycles. The zero-order valence-corrected chi connectivity index (χ0v) is 15.8. The van der Waals surface area contributed by atoms with Crippen LogP contribution in [0.25, 0.3) is 5.69 Å². The van der Waals surface area contributed by atoms with Gasteiger partial charge in [-0.2, -0.15) is 4.68 Å². The van der Waals surface area contributed by atoms with Crippen LogP contribution in [0.4, 0.5) is 0 Å². The van der Waals surface area contributed by atoms with Gasteiger partial charge in [-0.3, -0.25) is 4.79 Å². The largest absolute Gasteiger partial charge is 0.372 e. The van der Waals surface area contributed by atoms with E-state index in [9.17, 15) is 4.79 Å². The van der Waals surface area contributed by atoms with E-state index >= 15 is 0 Å². The van der Waals surface area contributed by atoms with Gasteiger partial charge in [0.2, 0.25) is 11.1 Å². The molecule has 8 heteroatoms. The molecule has 3 rings (SSSR count). The lowest BCUT2D eigenvalue weighted by Gasteiger charge is -2.35. The summed E-state index contributed by atoms with van der Waals surface area (Å²) in [6.07, 6.45) is 0.136. The minimum absolute atomic E-state index is 0.0678. The van der Waals surface area contributed by atoms with Gasteiger partial charge >= 0.3 is 0 Å². The molecule has 25 heavy (non-hydrogen) atoms. The Balaban J connectivity index is 1.68. The van der Waals surface area contributed by atoms with E-state index in [0.29, 0.717) is 24.0 Å². The van der Waals surface area contributed by atoms with Gasteiger partial charge < -0.3 is 9.64 Å². The average Bonchev–Trinajstić information content (AvgIpc) is 3.00. The second-order valence-corrected chi connectivity index (χ2v) is 7.45. The normalized spacial score (nSPS) is 20.7. The molecule has 0 unspecified atom stereocenters. The first-order valence-electron chi connectivity index (χ1n) is 8.36. The number of rotatable bonds is 4. The lowest BCUT2D eigenvalue weighted by Crippen LogP contribution is -2.48. The van der Waals surface area contributed by atoms with E-state index in [0.717, 1.165) is 11.3 Å². The number of tetrazole rings is 1. The van der Waals surface area contributed by atoms with Crippen LogP contribution >= 0.6 is 11.8 Å². The number of nitrogens with zero attached hydrogens (tertiary/aromatic N) is 5. The van der Waals surface area contributed by atoms with E-state index < -0.39 is 0 Å². The average molecular weight is 361 g/mol. The molecule has 134 valence electrons. The number of benzene rings is 1. The minimum Gasteiger partial charge on any atom is -0.372 e. The van der Waals surface area contributed by atoms with Gasteiger partial charge in [-0.25, -0.2) is 0 Å². The van der Waals surface area contributed by atoms with Crippen LogP contribution < -0.4 is 0 Å². The Kier molecular flexibility index (Phi) is 5.39. The highest BCUT2D eigenvalue weighted by atomic mass is 32.2. The highest BCUT2D eigenvalue weighted by Crippen LogP contribution is 2.22. The summed E-state index contributed by atoms with van der Waals surface area (Å²) in [6, 6.07) is 6.12. The van der Waals surface area contributed by atoms with E-state index in [1.807, 2.05) is 37.8 Å². The SMILES string of the molecule is Cc1ccc(-n2nnnc2SCC(=O)N2C[C@@H](C)O[C@@H](C)C2)c(C)c1. The van der Waals surface area contributed by atoms with Crippen molar-refractivity contribution in [1.29, 1.82) is 0 Å². The van der Waals surface area contributed by atoms with Crippen molar-refractivity contribution in [1.82, 2.24) is 25.1 Å². The Morgan fingerprint density at radius 2 is 2.00 bits per heavy atom. The van der Waals surface area contributed by atoms with Crippen LogP contribution in [0, 0.1) is 13.8 Å². The van der Waals surface area contributed by atoms with Crippen LogP contribution in [0.2, 0.25) is 0 Å². The molecule has 7 nitrogen and oxygen atoms in total. The molecule has 0 radical (unpaired) electrons. The van der Waals surface area contributed by atoms with Crippen molar-refractivity contribution in [2.75, 3.05) is 18.8 Å².